The smallest absolute Gasteiger partial charge is 0.0911 e. The zero-order valence-electron chi connectivity index (χ0n) is 11.9. The van der Waals surface area contributed by atoms with Gasteiger partial charge in [-0.1, -0.05) is 6.92 Å². The van der Waals surface area contributed by atoms with E-state index in [0.717, 1.165) is 38.3 Å². The first-order valence-electron chi connectivity index (χ1n) is 7.10. The molecule has 2 rings (SSSR count). The van der Waals surface area contributed by atoms with Crippen molar-refractivity contribution in [3.05, 3.63) is 18.0 Å². The van der Waals surface area contributed by atoms with E-state index in [1.54, 1.807) is 0 Å². The van der Waals surface area contributed by atoms with Crippen molar-refractivity contribution in [2.75, 3.05) is 26.2 Å². The first-order valence-corrected chi connectivity index (χ1v) is 7.10. The molecule has 1 aromatic heterocycles. The van der Waals surface area contributed by atoms with Crippen LogP contribution in [0.1, 0.15) is 31.9 Å². The molecule has 1 aromatic rings. The highest BCUT2D eigenvalue weighted by Gasteiger charge is 2.29. The van der Waals surface area contributed by atoms with Gasteiger partial charge in [-0.2, -0.15) is 5.10 Å². The summed E-state index contributed by atoms with van der Waals surface area (Å²) in [6.45, 7) is 8.95. The highest BCUT2D eigenvalue weighted by atomic mass is 16.5. The summed E-state index contributed by atoms with van der Waals surface area (Å²) in [6, 6.07) is -0.0000406. The summed E-state index contributed by atoms with van der Waals surface area (Å²) >= 11 is 0. The van der Waals surface area contributed by atoms with Crippen LogP contribution in [0.5, 0.6) is 0 Å². The molecular weight excluding hydrogens is 242 g/mol. The molecule has 0 aromatic carbocycles. The summed E-state index contributed by atoms with van der Waals surface area (Å²) in [4.78, 5) is 2.43. The van der Waals surface area contributed by atoms with Gasteiger partial charge >= 0.3 is 0 Å². The van der Waals surface area contributed by atoms with Gasteiger partial charge in [0.2, 0.25) is 0 Å². The van der Waals surface area contributed by atoms with Crippen LogP contribution in [0.15, 0.2) is 12.4 Å². The summed E-state index contributed by atoms with van der Waals surface area (Å²) in [5.74, 6) is 5.72. The molecule has 3 N–H and O–H groups in total. The third kappa shape index (κ3) is 3.54. The Labute approximate surface area is 114 Å². The average molecular weight is 267 g/mol. The van der Waals surface area contributed by atoms with Gasteiger partial charge in [0.05, 0.1) is 24.9 Å². The van der Waals surface area contributed by atoms with Crippen molar-refractivity contribution in [3.63, 3.8) is 0 Å². The normalized spacial score (nSPS) is 22.6. The molecule has 0 bridgehead atoms. The molecule has 0 saturated carbocycles. The van der Waals surface area contributed by atoms with E-state index < -0.39 is 0 Å². The molecule has 19 heavy (non-hydrogen) atoms. The highest BCUT2D eigenvalue weighted by molar-refractivity contribution is 5.12. The first kappa shape index (κ1) is 14.5. The lowest BCUT2D eigenvalue weighted by atomic mass is 10.0. The van der Waals surface area contributed by atoms with Crippen molar-refractivity contribution < 1.29 is 4.74 Å². The maximum atomic E-state index is 5.88. The van der Waals surface area contributed by atoms with Crippen molar-refractivity contribution in [3.8, 4) is 0 Å². The minimum atomic E-state index is -0.0000406. The van der Waals surface area contributed by atoms with E-state index in [4.69, 9.17) is 10.6 Å². The Balaban J connectivity index is 2.03. The lowest BCUT2D eigenvalue weighted by Gasteiger charge is -2.36. The van der Waals surface area contributed by atoms with E-state index in [9.17, 15) is 0 Å². The Bertz CT molecular complexity index is 379. The van der Waals surface area contributed by atoms with E-state index in [1.807, 2.05) is 17.1 Å². The molecule has 6 heteroatoms. The number of aryl methyl sites for hydroxylation is 1. The van der Waals surface area contributed by atoms with Crippen LogP contribution in [0.3, 0.4) is 0 Å². The molecule has 1 saturated heterocycles. The van der Waals surface area contributed by atoms with Gasteiger partial charge in [0.25, 0.3) is 0 Å². The molecule has 0 radical (unpaired) electrons. The maximum absolute atomic E-state index is 5.88. The second kappa shape index (κ2) is 7.00. The monoisotopic (exact) mass is 267 g/mol. The Morgan fingerprint density at radius 1 is 1.58 bits per heavy atom. The topological polar surface area (TPSA) is 68.3 Å². The molecule has 1 fully saturated rings. The lowest BCUT2D eigenvalue weighted by molar-refractivity contribution is -0.0471. The number of ether oxygens (including phenoxy) is 1. The molecule has 2 unspecified atom stereocenters. The van der Waals surface area contributed by atoms with Gasteiger partial charge < -0.3 is 4.74 Å². The molecule has 0 aliphatic carbocycles. The standard InChI is InChI=1S/C13H25N5O/c1-3-5-17-6-7-19-12(10-17)13(16-14)11-8-15-18(4-2)9-11/h8-9,12-13,16H,3-7,10,14H2,1-2H3. The third-order valence-corrected chi connectivity index (χ3v) is 3.61. The molecule has 2 atom stereocenters. The molecule has 1 aliphatic heterocycles. The van der Waals surface area contributed by atoms with Crippen molar-refractivity contribution in [2.45, 2.75) is 39.0 Å². The molecular formula is C13H25N5O. The maximum Gasteiger partial charge on any atom is 0.0911 e. The minimum absolute atomic E-state index is 0.0000406. The van der Waals surface area contributed by atoms with Crippen LogP contribution >= 0.6 is 0 Å². The number of aromatic nitrogens is 2. The molecule has 0 spiro atoms. The predicted octanol–water partition coefficient (Wildman–Crippen LogP) is 0.518. The fraction of sp³-hybridized carbons (Fsp3) is 0.769. The van der Waals surface area contributed by atoms with Gasteiger partial charge in [-0.15, -0.1) is 0 Å². The fourth-order valence-electron chi connectivity index (χ4n) is 2.58. The summed E-state index contributed by atoms with van der Waals surface area (Å²) < 4.78 is 7.79. The quantitative estimate of drug-likeness (QED) is 0.581. The van der Waals surface area contributed by atoms with Crippen molar-refractivity contribution >= 4 is 0 Å². The number of morpholine rings is 1. The summed E-state index contributed by atoms with van der Waals surface area (Å²) in [7, 11) is 0. The summed E-state index contributed by atoms with van der Waals surface area (Å²) in [5.41, 5.74) is 3.97. The van der Waals surface area contributed by atoms with Crippen LogP contribution in [0, 0.1) is 0 Å². The molecule has 2 heterocycles. The number of hydrogen-bond acceptors (Lipinski definition) is 5. The number of rotatable bonds is 6. The van der Waals surface area contributed by atoms with E-state index in [0.29, 0.717) is 0 Å². The van der Waals surface area contributed by atoms with Crippen LogP contribution in [0.4, 0.5) is 0 Å². The van der Waals surface area contributed by atoms with Gasteiger partial charge in [-0.05, 0) is 19.9 Å². The Hall–Kier alpha value is -0.950. The Kier molecular flexibility index (Phi) is 5.33. The molecule has 6 nitrogen and oxygen atoms in total. The van der Waals surface area contributed by atoms with E-state index in [-0.39, 0.29) is 12.1 Å². The van der Waals surface area contributed by atoms with E-state index in [1.165, 1.54) is 6.42 Å². The van der Waals surface area contributed by atoms with Gasteiger partial charge in [-0.3, -0.25) is 20.9 Å². The largest absolute Gasteiger partial charge is 0.374 e. The van der Waals surface area contributed by atoms with Crippen molar-refractivity contribution in [2.24, 2.45) is 5.84 Å². The van der Waals surface area contributed by atoms with Crippen molar-refractivity contribution in [1.82, 2.24) is 20.1 Å². The lowest BCUT2D eigenvalue weighted by Crippen LogP contribution is -2.49. The van der Waals surface area contributed by atoms with Crippen LogP contribution in [-0.4, -0.2) is 47.0 Å². The predicted molar refractivity (Wildman–Crippen MR) is 74.4 cm³/mol. The first-order chi connectivity index (χ1) is 9.28. The minimum Gasteiger partial charge on any atom is -0.374 e. The van der Waals surface area contributed by atoms with Crippen LogP contribution in [-0.2, 0) is 11.3 Å². The zero-order chi connectivity index (χ0) is 13.7. The third-order valence-electron chi connectivity index (χ3n) is 3.61. The Morgan fingerprint density at radius 3 is 3.05 bits per heavy atom. The number of nitrogens with one attached hydrogen (secondary N) is 1. The van der Waals surface area contributed by atoms with Gasteiger partial charge in [0.15, 0.2) is 0 Å². The second-order valence-electron chi connectivity index (χ2n) is 4.98. The number of hydrogen-bond donors (Lipinski definition) is 2. The zero-order valence-corrected chi connectivity index (χ0v) is 11.9. The van der Waals surface area contributed by atoms with E-state index >= 15 is 0 Å². The summed E-state index contributed by atoms with van der Waals surface area (Å²) in [6.07, 6.45) is 5.16. The number of nitrogens with two attached hydrogens (primary N) is 1. The van der Waals surface area contributed by atoms with Crippen LogP contribution in [0.2, 0.25) is 0 Å². The van der Waals surface area contributed by atoms with Crippen molar-refractivity contribution in [1.29, 1.82) is 0 Å². The average Bonchev–Trinajstić information content (AvgIpc) is 2.89. The number of hydrazine groups is 1. The van der Waals surface area contributed by atoms with Gasteiger partial charge in [0, 0.05) is 31.4 Å². The summed E-state index contributed by atoms with van der Waals surface area (Å²) in [5, 5.41) is 4.31. The van der Waals surface area contributed by atoms with Gasteiger partial charge in [0.1, 0.15) is 0 Å². The SMILES string of the molecule is CCCN1CCOC(C(NN)c2cnn(CC)c2)C1. The molecule has 108 valence electrons. The van der Waals surface area contributed by atoms with Gasteiger partial charge in [-0.25, -0.2) is 0 Å². The highest BCUT2D eigenvalue weighted by Crippen LogP contribution is 2.21. The number of nitrogens with zero attached hydrogens (tertiary/aromatic N) is 3. The fourth-order valence-corrected chi connectivity index (χ4v) is 2.58. The van der Waals surface area contributed by atoms with Crippen LogP contribution in [0.25, 0.3) is 0 Å². The molecule has 0 amide bonds. The Morgan fingerprint density at radius 2 is 2.42 bits per heavy atom. The van der Waals surface area contributed by atoms with Crippen LogP contribution < -0.4 is 11.3 Å². The second-order valence-corrected chi connectivity index (χ2v) is 4.98. The molecule has 1 aliphatic rings. The van der Waals surface area contributed by atoms with E-state index in [2.05, 4.69) is 29.3 Å².